The van der Waals surface area contributed by atoms with Crippen LogP contribution in [0.3, 0.4) is 0 Å². The van der Waals surface area contributed by atoms with Gasteiger partial charge in [0.1, 0.15) is 5.75 Å². The molecule has 2 rings (SSSR count). The van der Waals surface area contributed by atoms with Crippen LogP contribution in [0.1, 0.15) is 18.2 Å². The second-order valence-corrected chi connectivity index (χ2v) is 5.02. The number of nitrogens with one attached hydrogen (secondary N) is 1. The minimum Gasteiger partial charge on any atom is -0.494 e. The molecule has 0 bridgehead atoms. The van der Waals surface area contributed by atoms with E-state index in [0.717, 1.165) is 22.8 Å². The van der Waals surface area contributed by atoms with Crippen molar-refractivity contribution in [2.75, 3.05) is 6.61 Å². The van der Waals surface area contributed by atoms with Crippen LogP contribution in [0.5, 0.6) is 5.75 Å². The Morgan fingerprint density at radius 3 is 2.68 bits per heavy atom. The van der Waals surface area contributed by atoms with E-state index in [0.29, 0.717) is 11.8 Å². The highest BCUT2D eigenvalue weighted by Crippen LogP contribution is 2.20. The molecule has 1 N–H and O–H groups in total. The van der Waals surface area contributed by atoms with E-state index in [4.69, 9.17) is 4.74 Å². The number of aromatic nitrogens is 2. The molecule has 0 spiro atoms. The molecule has 0 fully saturated rings. The van der Waals surface area contributed by atoms with Gasteiger partial charge in [-0.2, -0.15) is 0 Å². The summed E-state index contributed by atoms with van der Waals surface area (Å²) in [7, 11) is 0. The number of aromatic amines is 1. The van der Waals surface area contributed by atoms with E-state index < -0.39 is 0 Å². The first-order valence-corrected chi connectivity index (χ1v) is 7.08. The molecule has 4 nitrogen and oxygen atoms in total. The van der Waals surface area contributed by atoms with Crippen molar-refractivity contribution in [1.82, 2.24) is 9.97 Å². The molecule has 2 aromatic rings. The molecule has 1 aromatic heterocycles. The van der Waals surface area contributed by atoms with E-state index >= 15 is 0 Å². The quantitative estimate of drug-likeness (QED) is 0.674. The van der Waals surface area contributed by atoms with E-state index in [2.05, 4.69) is 9.97 Å². The lowest BCUT2D eigenvalue weighted by molar-refractivity contribution is 0.340. The van der Waals surface area contributed by atoms with Crippen LogP contribution in [-0.4, -0.2) is 16.6 Å². The zero-order chi connectivity index (χ0) is 13.7. The van der Waals surface area contributed by atoms with Crippen LogP contribution in [0, 0.1) is 6.92 Å². The fourth-order valence-electron chi connectivity index (χ4n) is 1.62. The smallest absolute Gasteiger partial charge is 0.251 e. The highest BCUT2D eigenvalue weighted by atomic mass is 32.2. The second-order valence-electron chi connectivity index (χ2n) is 4.06. The van der Waals surface area contributed by atoms with Crippen LogP contribution < -0.4 is 10.3 Å². The molecule has 0 saturated carbocycles. The molecule has 0 aliphatic rings. The summed E-state index contributed by atoms with van der Waals surface area (Å²) in [5, 5.41) is 0.652. The monoisotopic (exact) mass is 276 g/mol. The summed E-state index contributed by atoms with van der Waals surface area (Å²) in [6.07, 6.45) is 0. The number of nitrogens with zero attached hydrogens (tertiary/aromatic N) is 1. The Labute approximate surface area is 116 Å². The Hall–Kier alpha value is -1.75. The van der Waals surface area contributed by atoms with Crippen molar-refractivity contribution in [1.29, 1.82) is 0 Å². The summed E-state index contributed by atoms with van der Waals surface area (Å²) in [5.41, 5.74) is 1.79. The third-order valence-electron chi connectivity index (χ3n) is 2.46. The maximum absolute atomic E-state index is 11.3. The molecule has 100 valence electrons. The SMILES string of the molecule is CCOc1ccc(CSc2nc(C)cc(=O)[nH]2)cc1. The number of hydrogen-bond donors (Lipinski definition) is 1. The second kappa shape index (κ2) is 6.43. The van der Waals surface area contributed by atoms with E-state index in [1.165, 1.54) is 17.8 Å². The fraction of sp³-hybridized carbons (Fsp3) is 0.286. The summed E-state index contributed by atoms with van der Waals surface area (Å²) in [6, 6.07) is 9.43. The lowest BCUT2D eigenvalue weighted by atomic mass is 10.2. The van der Waals surface area contributed by atoms with Crippen molar-refractivity contribution in [3.63, 3.8) is 0 Å². The highest BCUT2D eigenvalue weighted by Gasteiger charge is 2.01. The summed E-state index contributed by atoms with van der Waals surface area (Å²) < 4.78 is 5.39. The Morgan fingerprint density at radius 1 is 1.32 bits per heavy atom. The molecule has 1 heterocycles. The number of benzene rings is 1. The van der Waals surface area contributed by atoms with Crippen LogP contribution >= 0.6 is 11.8 Å². The van der Waals surface area contributed by atoms with Crippen molar-refractivity contribution in [3.05, 3.63) is 51.9 Å². The lowest BCUT2D eigenvalue weighted by Crippen LogP contribution is -2.08. The van der Waals surface area contributed by atoms with Gasteiger partial charge in [-0.25, -0.2) is 4.98 Å². The Balaban J connectivity index is 1.99. The number of ether oxygens (including phenoxy) is 1. The zero-order valence-corrected chi connectivity index (χ0v) is 11.8. The van der Waals surface area contributed by atoms with E-state index in [1.54, 1.807) is 0 Å². The first-order valence-electron chi connectivity index (χ1n) is 6.10. The fourth-order valence-corrected chi connectivity index (χ4v) is 2.50. The van der Waals surface area contributed by atoms with Crippen LogP contribution in [0.25, 0.3) is 0 Å². The number of H-pyrrole nitrogens is 1. The van der Waals surface area contributed by atoms with Gasteiger partial charge in [0.15, 0.2) is 5.16 Å². The average Bonchev–Trinajstić information content (AvgIpc) is 2.37. The van der Waals surface area contributed by atoms with Gasteiger partial charge in [0.25, 0.3) is 5.56 Å². The Morgan fingerprint density at radius 2 is 2.05 bits per heavy atom. The molecule has 1 aromatic carbocycles. The summed E-state index contributed by atoms with van der Waals surface area (Å²) >= 11 is 1.51. The minimum absolute atomic E-state index is 0.110. The molecule has 0 saturated heterocycles. The first kappa shape index (κ1) is 13.7. The minimum atomic E-state index is -0.110. The standard InChI is InChI=1S/C14H16N2O2S/c1-3-18-12-6-4-11(5-7-12)9-19-14-15-10(2)8-13(17)16-14/h4-8H,3,9H2,1-2H3,(H,15,16,17). The van der Waals surface area contributed by atoms with Crippen LogP contribution in [0.4, 0.5) is 0 Å². The molecular weight excluding hydrogens is 260 g/mol. The van der Waals surface area contributed by atoms with Gasteiger partial charge in [-0.05, 0) is 31.5 Å². The van der Waals surface area contributed by atoms with Gasteiger partial charge in [-0.15, -0.1) is 0 Å². The first-order chi connectivity index (χ1) is 9.17. The van der Waals surface area contributed by atoms with Crippen LogP contribution in [0.15, 0.2) is 40.3 Å². The van der Waals surface area contributed by atoms with Gasteiger partial charge >= 0.3 is 0 Å². The largest absolute Gasteiger partial charge is 0.494 e. The molecular formula is C14H16N2O2S. The number of thioether (sulfide) groups is 1. The molecule has 0 aliphatic heterocycles. The number of rotatable bonds is 5. The normalized spacial score (nSPS) is 10.4. The summed E-state index contributed by atoms with van der Waals surface area (Å²) in [6.45, 7) is 4.45. The third-order valence-corrected chi connectivity index (χ3v) is 3.40. The average molecular weight is 276 g/mol. The summed E-state index contributed by atoms with van der Waals surface area (Å²) in [4.78, 5) is 18.3. The van der Waals surface area contributed by atoms with Gasteiger partial charge < -0.3 is 9.72 Å². The third kappa shape index (κ3) is 4.13. The van der Waals surface area contributed by atoms with E-state index in [-0.39, 0.29) is 5.56 Å². The van der Waals surface area contributed by atoms with Crippen LogP contribution in [-0.2, 0) is 5.75 Å². The van der Waals surface area contributed by atoms with Crippen molar-refractivity contribution < 1.29 is 4.74 Å². The van der Waals surface area contributed by atoms with Crippen molar-refractivity contribution in [2.24, 2.45) is 0 Å². The zero-order valence-electron chi connectivity index (χ0n) is 11.0. The lowest BCUT2D eigenvalue weighted by Gasteiger charge is -2.05. The van der Waals surface area contributed by atoms with Crippen molar-refractivity contribution >= 4 is 11.8 Å². The predicted molar refractivity (Wildman–Crippen MR) is 76.8 cm³/mol. The molecule has 0 unspecified atom stereocenters. The Kier molecular flexibility index (Phi) is 4.63. The van der Waals surface area contributed by atoms with Crippen LogP contribution in [0.2, 0.25) is 0 Å². The maximum atomic E-state index is 11.3. The summed E-state index contributed by atoms with van der Waals surface area (Å²) in [5.74, 6) is 1.64. The van der Waals surface area contributed by atoms with Gasteiger partial charge in [0, 0.05) is 17.5 Å². The van der Waals surface area contributed by atoms with Crippen molar-refractivity contribution in [3.8, 4) is 5.75 Å². The van der Waals surface area contributed by atoms with Gasteiger partial charge in [0.05, 0.1) is 6.61 Å². The van der Waals surface area contributed by atoms with Gasteiger partial charge in [0.2, 0.25) is 0 Å². The molecule has 0 amide bonds. The highest BCUT2D eigenvalue weighted by molar-refractivity contribution is 7.98. The van der Waals surface area contributed by atoms with Crippen molar-refractivity contribution in [2.45, 2.75) is 24.8 Å². The maximum Gasteiger partial charge on any atom is 0.251 e. The van der Waals surface area contributed by atoms with E-state index in [9.17, 15) is 4.79 Å². The Bertz CT molecular complexity index is 593. The molecule has 0 aliphatic carbocycles. The predicted octanol–water partition coefficient (Wildman–Crippen LogP) is 2.77. The molecule has 0 radical (unpaired) electrons. The number of aryl methyl sites for hydroxylation is 1. The topological polar surface area (TPSA) is 55.0 Å². The molecule has 19 heavy (non-hydrogen) atoms. The van der Waals surface area contributed by atoms with Gasteiger partial charge in [-0.3, -0.25) is 4.79 Å². The van der Waals surface area contributed by atoms with E-state index in [1.807, 2.05) is 38.1 Å². The number of hydrogen-bond acceptors (Lipinski definition) is 4. The van der Waals surface area contributed by atoms with Gasteiger partial charge in [-0.1, -0.05) is 23.9 Å². The molecule has 0 atom stereocenters. The molecule has 5 heteroatoms.